The second-order valence-corrected chi connectivity index (χ2v) is 5.25. The van der Waals surface area contributed by atoms with Crippen molar-refractivity contribution in [3.8, 4) is 0 Å². The van der Waals surface area contributed by atoms with Crippen LogP contribution in [0, 0.1) is 13.8 Å². The van der Waals surface area contributed by atoms with E-state index < -0.39 is 0 Å². The molecule has 1 atom stereocenters. The smallest absolute Gasteiger partial charge is 0.287 e. The third kappa shape index (κ3) is 2.81. The van der Waals surface area contributed by atoms with Gasteiger partial charge in [0.1, 0.15) is 5.58 Å². The van der Waals surface area contributed by atoms with Crippen molar-refractivity contribution in [2.75, 3.05) is 13.1 Å². The van der Waals surface area contributed by atoms with E-state index in [0.717, 1.165) is 30.5 Å². The van der Waals surface area contributed by atoms with Gasteiger partial charge in [0.2, 0.25) is 0 Å². The van der Waals surface area contributed by atoms with Gasteiger partial charge in [0.25, 0.3) is 5.91 Å². The van der Waals surface area contributed by atoms with Crippen LogP contribution in [0.3, 0.4) is 0 Å². The molecular formula is C15H19ClN2O2. The summed E-state index contributed by atoms with van der Waals surface area (Å²) in [4.78, 5) is 12.1. The number of carbonyl (C=O) groups excluding carboxylic acids is 1. The second kappa shape index (κ2) is 5.85. The lowest BCUT2D eigenvalue weighted by Crippen LogP contribution is -2.35. The Kier molecular flexibility index (Phi) is 4.35. The van der Waals surface area contributed by atoms with E-state index in [1.165, 1.54) is 11.1 Å². The van der Waals surface area contributed by atoms with E-state index in [-0.39, 0.29) is 24.4 Å². The number of benzene rings is 1. The van der Waals surface area contributed by atoms with Gasteiger partial charge in [-0.2, -0.15) is 0 Å². The summed E-state index contributed by atoms with van der Waals surface area (Å²) in [6, 6.07) is 6.07. The standard InChI is InChI=1S/C15H18N2O2.ClH/c1-9-5-11-7-14(19-13(11)6-10(9)2)15(18)17-12-3-4-16-8-12;/h5-7,12,16H,3-4,8H2,1-2H3,(H,17,18);1H. The molecule has 5 heteroatoms. The fraction of sp³-hybridized carbons (Fsp3) is 0.400. The van der Waals surface area contributed by atoms with Crippen LogP contribution in [0.1, 0.15) is 28.1 Å². The lowest BCUT2D eigenvalue weighted by Gasteiger charge is -2.08. The second-order valence-electron chi connectivity index (χ2n) is 5.25. The van der Waals surface area contributed by atoms with Crippen LogP contribution in [0.25, 0.3) is 11.0 Å². The number of carbonyl (C=O) groups is 1. The van der Waals surface area contributed by atoms with Crippen LogP contribution in [0.4, 0.5) is 0 Å². The summed E-state index contributed by atoms with van der Waals surface area (Å²) in [5, 5.41) is 7.20. The fourth-order valence-corrected chi connectivity index (χ4v) is 2.45. The molecule has 0 bridgehead atoms. The van der Waals surface area contributed by atoms with Gasteiger partial charge in [0.15, 0.2) is 5.76 Å². The van der Waals surface area contributed by atoms with E-state index in [4.69, 9.17) is 4.42 Å². The molecule has 0 spiro atoms. The zero-order valence-electron chi connectivity index (χ0n) is 11.7. The minimum Gasteiger partial charge on any atom is -0.451 e. The van der Waals surface area contributed by atoms with Gasteiger partial charge in [-0.25, -0.2) is 0 Å². The number of fused-ring (bicyclic) bond motifs is 1. The molecule has 108 valence electrons. The molecule has 1 aromatic heterocycles. The maximum atomic E-state index is 12.1. The lowest BCUT2D eigenvalue weighted by molar-refractivity contribution is 0.0914. The molecule has 0 saturated carbocycles. The maximum absolute atomic E-state index is 12.1. The Balaban J connectivity index is 0.00000147. The minimum atomic E-state index is -0.125. The number of hydrogen-bond donors (Lipinski definition) is 2. The van der Waals surface area contributed by atoms with Gasteiger partial charge < -0.3 is 15.1 Å². The zero-order chi connectivity index (χ0) is 13.4. The van der Waals surface area contributed by atoms with Gasteiger partial charge in [-0.1, -0.05) is 0 Å². The molecule has 1 saturated heterocycles. The van der Waals surface area contributed by atoms with Gasteiger partial charge in [-0.3, -0.25) is 4.79 Å². The highest BCUT2D eigenvalue weighted by atomic mass is 35.5. The van der Waals surface area contributed by atoms with Crippen molar-refractivity contribution in [3.63, 3.8) is 0 Å². The highest BCUT2D eigenvalue weighted by Gasteiger charge is 2.20. The van der Waals surface area contributed by atoms with Crippen molar-refractivity contribution >= 4 is 29.3 Å². The van der Waals surface area contributed by atoms with E-state index in [2.05, 4.69) is 23.6 Å². The molecule has 0 aliphatic carbocycles. The molecule has 3 rings (SSSR count). The van der Waals surface area contributed by atoms with Crippen LogP contribution < -0.4 is 10.6 Å². The topological polar surface area (TPSA) is 54.3 Å². The van der Waals surface area contributed by atoms with Crippen molar-refractivity contribution in [2.24, 2.45) is 0 Å². The Morgan fingerprint density at radius 3 is 2.75 bits per heavy atom. The normalized spacial score (nSPS) is 18.0. The number of aryl methyl sites for hydroxylation is 2. The molecule has 2 N–H and O–H groups in total. The molecule has 1 amide bonds. The molecule has 20 heavy (non-hydrogen) atoms. The molecular weight excluding hydrogens is 276 g/mol. The van der Waals surface area contributed by atoms with E-state index in [9.17, 15) is 4.79 Å². The Morgan fingerprint density at radius 1 is 1.30 bits per heavy atom. The molecule has 1 fully saturated rings. The van der Waals surface area contributed by atoms with E-state index >= 15 is 0 Å². The maximum Gasteiger partial charge on any atom is 0.287 e. The van der Waals surface area contributed by atoms with E-state index in [0.29, 0.717) is 5.76 Å². The van der Waals surface area contributed by atoms with Gasteiger partial charge in [-0.15, -0.1) is 12.4 Å². The number of nitrogens with one attached hydrogen (secondary N) is 2. The van der Waals surface area contributed by atoms with Crippen LogP contribution in [-0.2, 0) is 0 Å². The number of halogens is 1. The van der Waals surface area contributed by atoms with Crippen molar-refractivity contribution in [2.45, 2.75) is 26.3 Å². The average molecular weight is 295 g/mol. The molecule has 0 radical (unpaired) electrons. The quantitative estimate of drug-likeness (QED) is 0.895. The van der Waals surface area contributed by atoms with Crippen molar-refractivity contribution in [3.05, 3.63) is 35.1 Å². The molecule has 4 nitrogen and oxygen atoms in total. The van der Waals surface area contributed by atoms with Crippen molar-refractivity contribution in [1.29, 1.82) is 0 Å². The van der Waals surface area contributed by atoms with Crippen molar-refractivity contribution in [1.82, 2.24) is 10.6 Å². The van der Waals surface area contributed by atoms with Crippen LogP contribution in [-0.4, -0.2) is 25.0 Å². The van der Waals surface area contributed by atoms with Crippen LogP contribution in [0.2, 0.25) is 0 Å². The Hall–Kier alpha value is -1.52. The van der Waals surface area contributed by atoms with E-state index in [1.807, 2.05) is 19.1 Å². The summed E-state index contributed by atoms with van der Waals surface area (Å²) in [6.07, 6.45) is 0.976. The highest BCUT2D eigenvalue weighted by Crippen LogP contribution is 2.23. The van der Waals surface area contributed by atoms with Gasteiger partial charge >= 0.3 is 0 Å². The Morgan fingerprint density at radius 2 is 2.05 bits per heavy atom. The zero-order valence-corrected chi connectivity index (χ0v) is 12.5. The molecule has 1 unspecified atom stereocenters. The largest absolute Gasteiger partial charge is 0.451 e. The predicted molar refractivity (Wildman–Crippen MR) is 81.7 cm³/mol. The number of rotatable bonds is 2. The first-order valence-corrected chi connectivity index (χ1v) is 6.66. The number of amides is 1. The first kappa shape index (κ1) is 14.9. The van der Waals surface area contributed by atoms with Crippen LogP contribution in [0.5, 0.6) is 0 Å². The first-order valence-electron chi connectivity index (χ1n) is 6.66. The molecule has 2 aromatic rings. The van der Waals surface area contributed by atoms with Gasteiger partial charge in [-0.05, 0) is 56.1 Å². The third-order valence-electron chi connectivity index (χ3n) is 3.75. The van der Waals surface area contributed by atoms with Gasteiger partial charge in [0.05, 0.1) is 0 Å². The first-order chi connectivity index (χ1) is 9.13. The summed E-state index contributed by atoms with van der Waals surface area (Å²) in [5.41, 5.74) is 3.16. The highest BCUT2D eigenvalue weighted by molar-refractivity contribution is 5.96. The summed E-state index contributed by atoms with van der Waals surface area (Å²) >= 11 is 0. The van der Waals surface area contributed by atoms with Gasteiger partial charge in [0, 0.05) is 18.0 Å². The lowest BCUT2D eigenvalue weighted by atomic mass is 10.1. The summed E-state index contributed by atoms with van der Waals surface area (Å²) in [7, 11) is 0. The molecule has 1 aliphatic rings. The predicted octanol–water partition coefficient (Wildman–Crippen LogP) is 2.56. The molecule has 1 aliphatic heterocycles. The molecule has 1 aromatic carbocycles. The van der Waals surface area contributed by atoms with Crippen LogP contribution in [0.15, 0.2) is 22.6 Å². The van der Waals surface area contributed by atoms with Crippen molar-refractivity contribution < 1.29 is 9.21 Å². The summed E-state index contributed by atoms with van der Waals surface area (Å²) in [6.45, 7) is 5.90. The van der Waals surface area contributed by atoms with E-state index in [1.54, 1.807) is 0 Å². The minimum absolute atomic E-state index is 0. The SMILES string of the molecule is Cc1cc2cc(C(=O)NC3CCNC3)oc2cc1C.Cl. The Bertz CT molecular complexity index is 591. The summed E-state index contributed by atoms with van der Waals surface area (Å²) in [5.74, 6) is 0.270. The van der Waals surface area contributed by atoms with Crippen LogP contribution >= 0.6 is 12.4 Å². The number of furan rings is 1. The third-order valence-corrected chi connectivity index (χ3v) is 3.75. The molecule has 2 heterocycles. The summed E-state index contributed by atoms with van der Waals surface area (Å²) < 4.78 is 5.64. The fourth-order valence-electron chi connectivity index (χ4n) is 2.45. The average Bonchev–Trinajstić information content (AvgIpc) is 2.99. The monoisotopic (exact) mass is 294 g/mol. The Labute approximate surface area is 124 Å². The number of hydrogen-bond acceptors (Lipinski definition) is 3.